The van der Waals surface area contributed by atoms with Crippen LogP contribution in [0.1, 0.15) is 11.1 Å². The number of amidine groups is 1. The first-order valence-electron chi connectivity index (χ1n) is 4.49. The Hall–Kier alpha value is -1.88. The Morgan fingerprint density at radius 2 is 2.00 bits per heavy atom. The van der Waals surface area contributed by atoms with Crippen molar-refractivity contribution >= 4 is 12.1 Å². The molecule has 0 fully saturated rings. The predicted octanol–water partition coefficient (Wildman–Crippen LogP) is 1.83. The Morgan fingerprint density at radius 1 is 1.21 bits per heavy atom. The van der Waals surface area contributed by atoms with E-state index in [1.54, 1.807) is 6.21 Å². The van der Waals surface area contributed by atoms with Crippen LogP contribution >= 0.6 is 0 Å². The molecule has 0 saturated heterocycles. The number of hydrogen-bond acceptors (Lipinski definition) is 2. The maximum absolute atomic E-state index is 4.27. The highest BCUT2D eigenvalue weighted by atomic mass is 14.9. The summed E-state index contributed by atoms with van der Waals surface area (Å²) in [7, 11) is 0. The summed E-state index contributed by atoms with van der Waals surface area (Å²) in [5.41, 5.74) is 2.28. The molecule has 0 aromatic heterocycles. The van der Waals surface area contributed by atoms with E-state index < -0.39 is 0 Å². The monoisotopic (exact) mass is 182 g/mol. The minimum absolute atomic E-state index is 0.531. The molecule has 68 valence electrons. The first-order chi connectivity index (χ1) is 6.86. The zero-order valence-corrected chi connectivity index (χ0v) is 7.99. The summed E-state index contributed by atoms with van der Waals surface area (Å²) in [6.07, 6.45) is 1.60. The molecule has 0 N–H and O–H groups in total. The van der Waals surface area contributed by atoms with Crippen LogP contribution < -0.4 is 0 Å². The Balaban J connectivity index is 2.32. The molecule has 0 saturated carbocycles. The summed E-state index contributed by atoms with van der Waals surface area (Å²) < 4.78 is 0. The van der Waals surface area contributed by atoms with Crippen LogP contribution in [-0.2, 0) is 0 Å². The van der Waals surface area contributed by atoms with Crippen molar-refractivity contribution in [2.24, 2.45) is 9.98 Å². The van der Waals surface area contributed by atoms with Crippen molar-refractivity contribution in [2.45, 2.75) is 6.92 Å². The molecule has 0 spiro atoms. The van der Waals surface area contributed by atoms with Crippen LogP contribution in [0.2, 0.25) is 0 Å². The van der Waals surface area contributed by atoms with E-state index in [-0.39, 0.29) is 0 Å². The van der Waals surface area contributed by atoms with E-state index in [4.69, 9.17) is 0 Å². The minimum atomic E-state index is 0.531. The molecule has 0 bridgehead atoms. The molecule has 2 heteroatoms. The molecule has 0 radical (unpaired) electrons. The zero-order chi connectivity index (χ0) is 9.80. The molecular formula is C12H10N2. The molecule has 0 amide bonds. The number of aryl methyl sites for hydroxylation is 1. The third-order valence-corrected chi connectivity index (χ3v) is 1.97. The third-order valence-electron chi connectivity index (χ3n) is 1.97. The van der Waals surface area contributed by atoms with Crippen LogP contribution in [0.4, 0.5) is 0 Å². The van der Waals surface area contributed by atoms with Gasteiger partial charge in [-0.15, -0.1) is 0 Å². The molecule has 1 aliphatic rings. The number of nitrogens with zero attached hydrogens (tertiary/aromatic N) is 2. The van der Waals surface area contributed by atoms with Crippen LogP contribution in [0.15, 0.2) is 34.3 Å². The molecule has 0 unspecified atom stereocenters. The van der Waals surface area contributed by atoms with Gasteiger partial charge in [-0.2, -0.15) is 0 Å². The normalized spacial score (nSPS) is 13.9. The van der Waals surface area contributed by atoms with Gasteiger partial charge in [-0.3, -0.25) is 4.99 Å². The van der Waals surface area contributed by atoms with E-state index in [0.717, 1.165) is 11.4 Å². The van der Waals surface area contributed by atoms with Gasteiger partial charge in [0.1, 0.15) is 6.54 Å². The van der Waals surface area contributed by atoms with Gasteiger partial charge in [-0.05, 0) is 6.92 Å². The Bertz CT molecular complexity index is 441. The highest BCUT2D eigenvalue weighted by molar-refractivity contribution is 6.05. The molecule has 1 aromatic carbocycles. The van der Waals surface area contributed by atoms with Gasteiger partial charge in [0.2, 0.25) is 0 Å². The van der Waals surface area contributed by atoms with Gasteiger partial charge < -0.3 is 0 Å². The van der Waals surface area contributed by atoms with Gasteiger partial charge >= 0.3 is 0 Å². The number of rotatable bonds is 1. The molecule has 14 heavy (non-hydrogen) atoms. The first kappa shape index (κ1) is 8.71. The molecular weight excluding hydrogens is 172 g/mol. The molecule has 0 aliphatic carbocycles. The topological polar surface area (TPSA) is 24.7 Å². The largest absolute Gasteiger partial charge is 0.253 e. The fraction of sp³-hybridized carbons (Fsp3) is 0.167. The Labute approximate surface area is 83.4 Å². The summed E-state index contributed by atoms with van der Waals surface area (Å²) in [6.45, 7) is 2.59. The lowest BCUT2D eigenvalue weighted by molar-refractivity contribution is 1.27. The number of benzene rings is 1. The molecule has 1 heterocycles. The summed E-state index contributed by atoms with van der Waals surface area (Å²) in [4.78, 5) is 8.44. The highest BCUT2D eigenvalue weighted by Crippen LogP contribution is 2.06. The number of hydrogen-bond donors (Lipinski definition) is 0. The summed E-state index contributed by atoms with van der Waals surface area (Å²) >= 11 is 0. The van der Waals surface area contributed by atoms with Crippen molar-refractivity contribution in [2.75, 3.05) is 6.54 Å². The lowest BCUT2D eigenvalue weighted by Gasteiger charge is -1.99. The summed E-state index contributed by atoms with van der Waals surface area (Å²) in [6, 6.07) is 8.16. The predicted molar refractivity (Wildman–Crippen MR) is 58.9 cm³/mol. The van der Waals surface area contributed by atoms with Crippen molar-refractivity contribution in [3.63, 3.8) is 0 Å². The van der Waals surface area contributed by atoms with Crippen LogP contribution in [0, 0.1) is 18.8 Å². The fourth-order valence-electron chi connectivity index (χ4n) is 1.21. The Morgan fingerprint density at radius 3 is 2.79 bits per heavy atom. The maximum atomic E-state index is 4.27. The van der Waals surface area contributed by atoms with Gasteiger partial charge in [0.25, 0.3) is 0 Å². The molecule has 1 aromatic rings. The lowest BCUT2D eigenvalue weighted by Crippen LogP contribution is -1.97. The van der Waals surface area contributed by atoms with Crippen molar-refractivity contribution < 1.29 is 0 Å². The first-order valence-corrected chi connectivity index (χ1v) is 4.49. The smallest absolute Gasteiger partial charge is 0.156 e. The Kier molecular flexibility index (Phi) is 2.42. The second kappa shape index (κ2) is 3.89. The van der Waals surface area contributed by atoms with Crippen molar-refractivity contribution in [1.82, 2.24) is 0 Å². The average molecular weight is 182 g/mol. The van der Waals surface area contributed by atoms with Gasteiger partial charge in [-0.25, -0.2) is 4.99 Å². The second-order valence-electron chi connectivity index (χ2n) is 3.09. The van der Waals surface area contributed by atoms with Crippen LogP contribution in [0.5, 0.6) is 0 Å². The van der Waals surface area contributed by atoms with Crippen molar-refractivity contribution in [3.05, 3.63) is 35.4 Å². The molecule has 2 nitrogen and oxygen atoms in total. The second-order valence-corrected chi connectivity index (χ2v) is 3.09. The quantitative estimate of drug-likeness (QED) is 0.592. The molecule has 0 atom stereocenters. The number of aliphatic imine (C=N–C) groups is 2. The summed E-state index contributed by atoms with van der Waals surface area (Å²) in [5.74, 6) is 6.43. The van der Waals surface area contributed by atoms with E-state index in [0.29, 0.717) is 6.54 Å². The van der Waals surface area contributed by atoms with E-state index in [1.165, 1.54) is 5.56 Å². The van der Waals surface area contributed by atoms with E-state index in [9.17, 15) is 0 Å². The average Bonchev–Trinajstić information content (AvgIpc) is 2.47. The van der Waals surface area contributed by atoms with E-state index in [1.807, 2.05) is 12.1 Å². The van der Waals surface area contributed by atoms with Crippen molar-refractivity contribution in [3.8, 4) is 11.8 Å². The minimum Gasteiger partial charge on any atom is -0.253 e. The third kappa shape index (κ3) is 1.89. The van der Waals surface area contributed by atoms with E-state index >= 15 is 0 Å². The SMILES string of the molecule is Cc1ccc(C2=NCC#CC=N2)cc1. The van der Waals surface area contributed by atoms with Crippen LogP contribution in [0.3, 0.4) is 0 Å². The highest BCUT2D eigenvalue weighted by Gasteiger charge is 2.00. The fourth-order valence-corrected chi connectivity index (χ4v) is 1.21. The molecule has 2 rings (SSSR count). The standard InChI is InChI=1S/C12H10N2/c1-10-4-6-11(7-5-10)12-13-8-2-3-9-14-12/h4-8H,9H2,1H3. The van der Waals surface area contributed by atoms with Crippen LogP contribution in [0.25, 0.3) is 0 Å². The van der Waals surface area contributed by atoms with Gasteiger partial charge in [0.15, 0.2) is 5.84 Å². The molecule has 1 aliphatic heterocycles. The van der Waals surface area contributed by atoms with Crippen LogP contribution in [-0.4, -0.2) is 18.6 Å². The van der Waals surface area contributed by atoms with Gasteiger partial charge in [0, 0.05) is 5.56 Å². The van der Waals surface area contributed by atoms with Gasteiger partial charge in [-0.1, -0.05) is 41.7 Å². The zero-order valence-electron chi connectivity index (χ0n) is 7.99. The summed E-state index contributed by atoms with van der Waals surface area (Å²) in [5, 5.41) is 0. The lowest BCUT2D eigenvalue weighted by atomic mass is 10.1. The maximum Gasteiger partial charge on any atom is 0.156 e. The van der Waals surface area contributed by atoms with Crippen molar-refractivity contribution in [1.29, 1.82) is 0 Å². The van der Waals surface area contributed by atoms with Gasteiger partial charge in [0.05, 0.1) is 6.21 Å². The van der Waals surface area contributed by atoms with E-state index in [2.05, 4.69) is 40.9 Å².